The van der Waals surface area contributed by atoms with Gasteiger partial charge in [0.1, 0.15) is 17.7 Å². The first-order valence-electron chi connectivity index (χ1n) is 7.16. The lowest BCUT2D eigenvalue weighted by Crippen LogP contribution is -2.16. The summed E-state index contributed by atoms with van der Waals surface area (Å²) in [7, 11) is 1.88. The van der Waals surface area contributed by atoms with Crippen LogP contribution in [0.1, 0.15) is 17.4 Å². The molecule has 1 aromatic carbocycles. The van der Waals surface area contributed by atoms with Crippen molar-refractivity contribution in [2.45, 2.75) is 12.5 Å². The van der Waals surface area contributed by atoms with E-state index < -0.39 is 0 Å². The molecule has 3 rings (SSSR count). The smallest absolute Gasteiger partial charge is 0.140 e. The van der Waals surface area contributed by atoms with E-state index in [1.165, 1.54) is 17.4 Å². The molecule has 2 aromatic heterocycles. The second-order valence-corrected chi connectivity index (χ2v) is 5.93. The second-order valence-electron chi connectivity index (χ2n) is 4.98. The van der Waals surface area contributed by atoms with Crippen LogP contribution in [0, 0.1) is 5.82 Å². The largest absolute Gasteiger partial charge is 0.484 e. The quantitative estimate of drug-likeness (QED) is 0.741. The number of rotatable bonds is 6. The molecule has 1 atom stereocenters. The molecule has 22 heavy (non-hydrogen) atoms. The SMILES string of the molecule is CNCC[C@H](Oc1cccc2ccncc12)c1sccc1F. The zero-order valence-corrected chi connectivity index (χ0v) is 13.1. The van der Waals surface area contributed by atoms with Gasteiger partial charge in [-0.25, -0.2) is 4.39 Å². The van der Waals surface area contributed by atoms with Crippen molar-refractivity contribution in [1.82, 2.24) is 10.3 Å². The first-order valence-corrected chi connectivity index (χ1v) is 8.04. The lowest BCUT2D eigenvalue weighted by molar-refractivity contribution is 0.197. The molecular weight excluding hydrogens is 299 g/mol. The first kappa shape index (κ1) is 14.9. The van der Waals surface area contributed by atoms with Crippen LogP contribution in [0.15, 0.2) is 48.1 Å². The number of halogens is 1. The van der Waals surface area contributed by atoms with Crippen LogP contribution in [0.3, 0.4) is 0 Å². The molecule has 0 spiro atoms. The van der Waals surface area contributed by atoms with Gasteiger partial charge in [0.2, 0.25) is 0 Å². The summed E-state index contributed by atoms with van der Waals surface area (Å²) >= 11 is 1.39. The van der Waals surface area contributed by atoms with Gasteiger partial charge in [0.25, 0.3) is 0 Å². The zero-order chi connectivity index (χ0) is 15.4. The fraction of sp³-hybridized carbons (Fsp3) is 0.235. The highest BCUT2D eigenvalue weighted by molar-refractivity contribution is 7.10. The van der Waals surface area contributed by atoms with E-state index in [1.807, 2.05) is 31.3 Å². The maximum atomic E-state index is 13.9. The molecule has 2 heterocycles. The first-order chi connectivity index (χ1) is 10.8. The number of thiophene rings is 1. The van der Waals surface area contributed by atoms with E-state index >= 15 is 0 Å². The van der Waals surface area contributed by atoms with Crippen molar-refractivity contribution in [1.29, 1.82) is 0 Å². The van der Waals surface area contributed by atoms with Crippen LogP contribution in [-0.2, 0) is 0 Å². The van der Waals surface area contributed by atoms with E-state index in [2.05, 4.69) is 10.3 Å². The molecule has 0 amide bonds. The van der Waals surface area contributed by atoms with E-state index in [9.17, 15) is 4.39 Å². The highest BCUT2D eigenvalue weighted by Gasteiger charge is 2.19. The maximum Gasteiger partial charge on any atom is 0.140 e. The summed E-state index contributed by atoms with van der Waals surface area (Å²) in [6.45, 7) is 0.755. The highest BCUT2D eigenvalue weighted by atomic mass is 32.1. The van der Waals surface area contributed by atoms with E-state index in [-0.39, 0.29) is 11.9 Å². The summed E-state index contributed by atoms with van der Waals surface area (Å²) in [6.07, 6.45) is 3.93. The fourth-order valence-corrected chi connectivity index (χ4v) is 3.23. The summed E-state index contributed by atoms with van der Waals surface area (Å²) in [5.74, 6) is 0.531. The molecule has 5 heteroatoms. The summed E-state index contributed by atoms with van der Waals surface area (Å²) in [5.41, 5.74) is 0. The van der Waals surface area contributed by atoms with Gasteiger partial charge in [-0.3, -0.25) is 4.98 Å². The Morgan fingerprint density at radius 1 is 1.32 bits per heavy atom. The Bertz CT molecular complexity index is 754. The minimum atomic E-state index is -0.307. The summed E-state index contributed by atoms with van der Waals surface area (Å²) in [4.78, 5) is 4.79. The molecule has 1 N–H and O–H groups in total. The third-order valence-corrected chi connectivity index (χ3v) is 4.49. The maximum absolute atomic E-state index is 13.9. The Morgan fingerprint density at radius 3 is 3.00 bits per heavy atom. The number of nitrogens with zero attached hydrogens (tertiary/aromatic N) is 1. The van der Waals surface area contributed by atoms with E-state index in [1.54, 1.807) is 17.8 Å². The van der Waals surface area contributed by atoms with E-state index in [4.69, 9.17) is 4.74 Å². The normalized spacial score (nSPS) is 12.5. The minimum absolute atomic E-state index is 0.204. The zero-order valence-electron chi connectivity index (χ0n) is 12.3. The third kappa shape index (κ3) is 3.10. The van der Waals surface area contributed by atoms with Crippen LogP contribution in [0.2, 0.25) is 0 Å². The molecule has 0 bridgehead atoms. The lowest BCUT2D eigenvalue weighted by Gasteiger charge is -2.19. The Balaban J connectivity index is 1.93. The molecule has 0 aliphatic rings. The van der Waals surface area contributed by atoms with Crippen molar-refractivity contribution >= 4 is 22.1 Å². The average molecular weight is 316 g/mol. The number of hydrogen-bond acceptors (Lipinski definition) is 4. The van der Waals surface area contributed by atoms with Gasteiger partial charge in [0.15, 0.2) is 0 Å². The predicted molar refractivity (Wildman–Crippen MR) is 87.9 cm³/mol. The van der Waals surface area contributed by atoms with Crippen molar-refractivity contribution in [3.05, 3.63) is 58.8 Å². The van der Waals surface area contributed by atoms with Crippen LogP contribution in [-0.4, -0.2) is 18.6 Å². The molecule has 0 fully saturated rings. The van der Waals surface area contributed by atoms with E-state index in [0.717, 1.165) is 23.1 Å². The van der Waals surface area contributed by atoms with Gasteiger partial charge in [-0.2, -0.15) is 0 Å². The molecule has 3 nitrogen and oxygen atoms in total. The van der Waals surface area contributed by atoms with Gasteiger partial charge in [0.05, 0.1) is 4.88 Å². The summed E-state index contributed by atoms with van der Waals surface area (Å²) in [5, 5.41) is 6.85. The summed E-state index contributed by atoms with van der Waals surface area (Å²) in [6, 6.07) is 9.29. The van der Waals surface area contributed by atoms with Crippen LogP contribution in [0.4, 0.5) is 4.39 Å². The molecule has 0 saturated carbocycles. The predicted octanol–water partition coefficient (Wildman–Crippen LogP) is 4.17. The number of ether oxygens (including phenoxy) is 1. The van der Waals surface area contributed by atoms with Crippen molar-refractivity contribution in [3.63, 3.8) is 0 Å². The number of nitrogens with one attached hydrogen (secondary N) is 1. The lowest BCUT2D eigenvalue weighted by atomic mass is 10.1. The Morgan fingerprint density at radius 2 is 2.23 bits per heavy atom. The molecule has 0 radical (unpaired) electrons. The van der Waals surface area contributed by atoms with Crippen molar-refractivity contribution < 1.29 is 9.13 Å². The minimum Gasteiger partial charge on any atom is -0.484 e. The summed E-state index contributed by atoms with van der Waals surface area (Å²) < 4.78 is 20.1. The molecule has 0 aliphatic carbocycles. The average Bonchev–Trinajstić information content (AvgIpc) is 2.97. The van der Waals surface area contributed by atoms with E-state index in [0.29, 0.717) is 11.3 Å². The van der Waals surface area contributed by atoms with Gasteiger partial charge in [-0.1, -0.05) is 12.1 Å². The molecule has 3 aromatic rings. The Kier molecular flexibility index (Phi) is 4.65. The van der Waals surface area contributed by atoms with Crippen molar-refractivity contribution in [2.75, 3.05) is 13.6 Å². The molecule has 0 aliphatic heterocycles. The standard InChI is InChI=1S/C17H17FN2OS/c1-19-8-6-16(17-14(18)7-10-22-17)21-15-4-2-3-12-5-9-20-11-13(12)15/h2-5,7,9-11,16,19H,6,8H2,1H3/t16-/m0/s1. The van der Waals surface area contributed by atoms with Gasteiger partial charge >= 0.3 is 0 Å². The van der Waals surface area contributed by atoms with Gasteiger partial charge in [-0.05, 0) is 42.6 Å². The topological polar surface area (TPSA) is 34.1 Å². The Hall–Kier alpha value is -1.98. The van der Waals surface area contributed by atoms with Crippen molar-refractivity contribution in [3.8, 4) is 5.75 Å². The molecule has 0 saturated heterocycles. The van der Waals surface area contributed by atoms with Crippen LogP contribution in [0.5, 0.6) is 5.75 Å². The number of fused-ring (bicyclic) bond motifs is 1. The number of hydrogen-bond donors (Lipinski definition) is 1. The van der Waals surface area contributed by atoms with Gasteiger partial charge in [0, 0.05) is 24.2 Å². The molecule has 0 unspecified atom stereocenters. The molecule has 114 valence electrons. The van der Waals surface area contributed by atoms with Crippen LogP contribution >= 0.6 is 11.3 Å². The van der Waals surface area contributed by atoms with Gasteiger partial charge in [-0.15, -0.1) is 11.3 Å². The molecular formula is C17H17FN2OS. The van der Waals surface area contributed by atoms with Crippen LogP contribution < -0.4 is 10.1 Å². The van der Waals surface area contributed by atoms with Crippen LogP contribution in [0.25, 0.3) is 10.8 Å². The van der Waals surface area contributed by atoms with Crippen molar-refractivity contribution in [2.24, 2.45) is 0 Å². The third-order valence-electron chi connectivity index (χ3n) is 3.51. The number of aromatic nitrogens is 1. The highest BCUT2D eigenvalue weighted by Crippen LogP contribution is 2.33. The second kappa shape index (κ2) is 6.85. The monoisotopic (exact) mass is 316 g/mol. The number of benzene rings is 1. The number of pyridine rings is 1. The fourth-order valence-electron chi connectivity index (χ4n) is 2.40. The Labute approximate surface area is 132 Å². The van der Waals surface area contributed by atoms with Gasteiger partial charge < -0.3 is 10.1 Å².